The minimum atomic E-state index is 0.430. The Morgan fingerprint density at radius 1 is 1.29 bits per heavy atom. The van der Waals surface area contributed by atoms with Gasteiger partial charge < -0.3 is 4.74 Å². The summed E-state index contributed by atoms with van der Waals surface area (Å²) < 4.78 is 5.76. The summed E-state index contributed by atoms with van der Waals surface area (Å²) in [5, 5.41) is 0. The summed E-state index contributed by atoms with van der Waals surface area (Å²) in [5.74, 6) is 2.29. The zero-order valence-electron chi connectivity index (χ0n) is 11.2. The molecule has 3 heteroatoms. The summed E-state index contributed by atoms with van der Waals surface area (Å²) in [6.45, 7) is 9.31. The normalized spacial score (nSPS) is 15.6. The Balaban J connectivity index is 2.19. The maximum atomic E-state index is 5.76. The smallest absolute Gasteiger partial charge is 0.235 e. The molecule has 1 heterocycles. The van der Waals surface area contributed by atoms with Crippen LogP contribution in [-0.4, -0.2) is 16.6 Å². The quantitative estimate of drug-likeness (QED) is 0.782. The van der Waals surface area contributed by atoms with Crippen LogP contribution in [0.2, 0.25) is 0 Å². The first-order valence-electron chi connectivity index (χ1n) is 6.57. The van der Waals surface area contributed by atoms with Crippen molar-refractivity contribution in [3.05, 3.63) is 17.6 Å². The van der Waals surface area contributed by atoms with E-state index >= 15 is 0 Å². The van der Waals surface area contributed by atoms with Gasteiger partial charge in [-0.3, -0.25) is 4.98 Å². The first-order valence-corrected chi connectivity index (χ1v) is 6.57. The van der Waals surface area contributed by atoms with Crippen molar-refractivity contribution >= 4 is 0 Å². The SMILES string of the molecule is CC(C)COc1ncc(C(C)C)nc1C1CC1. The Morgan fingerprint density at radius 3 is 2.53 bits per heavy atom. The molecular weight excluding hydrogens is 212 g/mol. The Hall–Kier alpha value is -1.12. The highest BCUT2D eigenvalue weighted by molar-refractivity contribution is 5.28. The molecule has 1 aromatic rings. The highest BCUT2D eigenvalue weighted by Gasteiger charge is 2.30. The molecule has 0 unspecified atom stereocenters. The minimum Gasteiger partial charge on any atom is -0.476 e. The van der Waals surface area contributed by atoms with Crippen molar-refractivity contribution in [2.24, 2.45) is 5.92 Å². The van der Waals surface area contributed by atoms with Crippen LogP contribution in [0.5, 0.6) is 5.88 Å². The summed E-state index contributed by atoms with van der Waals surface area (Å²) in [7, 11) is 0. The van der Waals surface area contributed by atoms with Gasteiger partial charge in [-0.05, 0) is 24.7 Å². The van der Waals surface area contributed by atoms with Crippen LogP contribution in [0.15, 0.2) is 6.20 Å². The zero-order chi connectivity index (χ0) is 12.4. The average molecular weight is 234 g/mol. The topological polar surface area (TPSA) is 35.0 Å². The molecule has 1 aliphatic carbocycles. The second-order valence-electron chi connectivity index (χ2n) is 5.62. The number of hydrogen-bond donors (Lipinski definition) is 0. The van der Waals surface area contributed by atoms with E-state index < -0.39 is 0 Å². The van der Waals surface area contributed by atoms with E-state index in [4.69, 9.17) is 9.72 Å². The summed E-state index contributed by atoms with van der Waals surface area (Å²) in [6.07, 6.45) is 4.31. The lowest BCUT2D eigenvalue weighted by molar-refractivity contribution is 0.257. The van der Waals surface area contributed by atoms with Crippen molar-refractivity contribution in [3.63, 3.8) is 0 Å². The first kappa shape index (κ1) is 12.3. The van der Waals surface area contributed by atoms with Gasteiger partial charge in [0, 0.05) is 5.92 Å². The van der Waals surface area contributed by atoms with E-state index in [2.05, 4.69) is 32.7 Å². The number of rotatable bonds is 5. The van der Waals surface area contributed by atoms with Crippen LogP contribution in [0.1, 0.15) is 63.8 Å². The van der Waals surface area contributed by atoms with Gasteiger partial charge in [-0.15, -0.1) is 0 Å². The van der Waals surface area contributed by atoms with Crippen LogP contribution >= 0.6 is 0 Å². The van der Waals surface area contributed by atoms with Crippen molar-refractivity contribution in [1.82, 2.24) is 9.97 Å². The third kappa shape index (κ3) is 3.18. The number of ether oxygens (including phenoxy) is 1. The lowest BCUT2D eigenvalue weighted by atomic mass is 10.1. The van der Waals surface area contributed by atoms with Crippen LogP contribution in [0.4, 0.5) is 0 Å². The summed E-state index contributed by atoms with van der Waals surface area (Å²) in [6, 6.07) is 0. The molecule has 1 fully saturated rings. The molecule has 1 aliphatic rings. The van der Waals surface area contributed by atoms with E-state index in [0.29, 0.717) is 17.8 Å². The highest BCUT2D eigenvalue weighted by Crippen LogP contribution is 2.42. The second-order valence-corrected chi connectivity index (χ2v) is 5.62. The van der Waals surface area contributed by atoms with Crippen molar-refractivity contribution in [2.45, 2.75) is 52.4 Å². The summed E-state index contributed by atoms with van der Waals surface area (Å²) >= 11 is 0. The van der Waals surface area contributed by atoms with Gasteiger partial charge in [-0.1, -0.05) is 27.7 Å². The van der Waals surface area contributed by atoms with Crippen LogP contribution in [0, 0.1) is 5.92 Å². The predicted octanol–water partition coefficient (Wildman–Crippen LogP) is 3.51. The molecule has 0 aromatic carbocycles. The third-order valence-electron chi connectivity index (χ3n) is 2.89. The minimum absolute atomic E-state index is 0.430. The van der Waals surface area contributed by atoms with Crippen molar-refractivity contribution in [3.8, 4) is 5.88 Å². The Bertz CT molecular complexity index is 384. The average Bonchev–Trinajstić information content (AvgIpc) is 3.09. The predicted molar refractivity (Wildman–Crippen MR) is 68.4 cm³/mol. The van der Waals surface area contributed by atoms with Gasteiger partial charge in [0.25, 0.3) is 0 Å². The molecule has 2 rings (SSSR count). The molecule has 0 aliphatic heterocycles. The zero-order valence-corrected chi connectivity index (χ0v) is 11.2. The number of aromatic nitrogens is 2. The van der Waals surface area contributed by atoms with Crippen LogP contribution < -0.4 is 4.74 Å². The molecule has 0 bridgehead atoms. The molecule has 0 N–H and O–H groups in total. The molecule has 0 amide bonds. The van der Waals surface area contributed by atoms with Crippen LogP contribution in [-0.2, 0) is 0 Å². The van der Waals surface area contributed by atoms with Gasteiger partial charge in [0.15, 0.2) is 0 Å². The van der Waals surface area contributed by atoms with E-state index in [0.717, 1.165) is 23.9 Å². The van der Waals surface area contributed by atoms with E-state index in [1.165, 1.54) is 12.8 Å². The molecule has 1 saturated carbocycles. The molecule has 94 valence electrons. The van der Waals surface area contributed by atoms with Crippen molar-refractivity contribution in [1.29, 1.82) is 0 Å². The van der Waals surface area contributed by atoms with Gasteiger partial charge in [-0.25, -0.2) is 4.98 Å². The molecule has 0 radical (unpaired) electrons. The largest absolute Gasteiger partial charge is 0.476 e. The maximum Gasteiger partial charge on any atom is 0.235 e. The number of hydrogen-bond acceptors (Lipinski definition) is 3. The Kier molecular flexibility index (Phi) is 3.65. The summed E-state index contributed by atoms with van der Waals surface area (Å²) in [4.78, 5) is 9.17. The van der Waals surface area contributed by atoms with Crippen LogP contribution in [0.25, 0.3) is 0 Å². The van der Waals surface area contributed by atoms with Gasteiger partial charge >= 0.3 is 0 Å². The van der Waals surface area contributed by atoms with Gasteiger partial charge in [0.05, 0.1) is 18.5 Å². The van der Waals surface area contributed by atoms with Gasteiger partial charge in [0.1, 0.15) is 5.69 Å². The van der Waals surface area contributed by atoms with E-state index in [9.17, 15) is 0 Å². The molecule has 0 spiro atoms. The fourth-order valence-corrected chi connectivity index (χ4v) is 1.66. The van der Waals surface area contributed by atoms with Crippen molar-refractivity contribution in [2.75, 3.05) is 6.61 Å². The first-order chi connectivity index (χ1) is 8.08. The van der Waals surface area contributed by atoms with Gasteiger partial charge in [-0.2, -0.15) is 0 Å². The Labute approximate surface area is 104 Å². The van der Waals surface area contributed by atoms with E-state index in [-0.39, 0.29) is 0 Å². The molecule has 3 nitrogen and oxygen atoms in total. The highest BCUT2D eigenvalue weighted by atomic mass is 16.5. The Morgan fingerprint density at radius 2 is 2.00 bits per heavy atom. The fraction of sp³-hybridized carbons (Fsp3) is 0.714. The lowest BCUT2D eigenvalue weighted by Crippen LogP contribution is -2.09. The lowest BCUT2D eigenvalue weighted by Gasteiger charge is -2.13. The summed E-state index contributed by atoms with van der Waals surface area (Å²) in [5.41, 5.74) is 2.15. The molecule has 17 heavy (non-hydrogen) atoms. The molecule has 0 saturated heterocycles. The fourth-order valence-electron chi connectivity index (χ4n) is 1.66. The van der Waals surface area contributed by atoms with Crippen LogP contribution in [0.3, 0.4) is 0 Å². The van der Waals surface area contributed by atoms with E-state index in [1.54, 1.807) is 0 Å². The monoisotopic (exact) mass is 234 g/mol. The van der Waals surface area contributed by atoms with Gasteiger partial charge in [0.2, 0.25) is 5.88 Å². The third-order valence-corrected chi connectivity index (χ3v) is 2.89. The maximum absolute atomic E-state index is 5.76. The standard InChI is InChI=1S/C14H22N2O/c1-9(2)8-17-14-13(11-5-6-11)16-12(7-15-14)10(3)4/h7,9-11H,5-6,8H2,1-4H3. The number of nitrogens with zero attached hydrogens (tertiary/aromatic N) is 2. The van der Waals surface area contributed by atoms with E-state index in [1.807, 2.05) is 6.20 Å². The molecule has 1 aromatic heterocycles. The molecular formula is C14H22N2O. The second kappa shape index (κ2) is 5.03. The molecule has 0 atom stereocenters. The van der Waals surface area contributed by atoms with Crippen molar-refractivity contribution < 1.29 is 4.74 Å².